The van der Waals surface area contributed by atoms with Gasteiger partial charge in [-0.15, -0.1) is 0 Å². The summed E-state index contributed by atoms with van der Waals surface area (Å²) in [6.45, 7) is 2.47. The molecule has 1 aliphatic rings. The number of anilines is 1. The van der Waals surface area contributed by atoms with Crippen molar-refractivity contribution in [3.05, 3.63) is 57.6 Å². The number of halogens is 4. The largest absolute Gasteiger partial charge is 0.483 e. The van der Waals surface area contributed by atoms with E-state index in [1.807, 2.05) is 6.92 Å². The first-order valence-electron chi connectivity index (χ1n) is 10.9. The third-order valence-electron chi connectivity index (χ3n) is 6.14. The van der Waals surface area contributed by atoms with Crippen LogP contribution in [0.2, 0.25) is 0 Å². The van der Waals surface area contributed by atoms with Crippen molar-refractivity contribution in [2.24, 2.45) is 14.1 Å². The predicted octanol–water partition coefficient (Wildman–Crippen LogP) is 2.73. The fraction of sp³-hybridized carbons (Fsp3) is 0.304. The molecule has 3 aromatic heterocycles. The number of hydrogen-bond acceptors (Lipinski definition) is 8. The minimum Gasteiger partial charge on any atom is -0.483 e. The number of alkyl halides is 3. The van der Waals surface area contributed by atoms with Gasteiger partial charge in [0.05, 0.1) is 36.6 Å². The van der Waals surface area contributed by atoms with Gasteiger partial charge in [-0.1, -0.05) is 0 Å². The van der Waals surface area contributed by atoms with E-state index >= 15 is 0 Å². The highest BCUT2D eigenvalue weighted by Gasteiger charge is 2.38. The highest BCUT2D eigenvalue weighted by molar-refractivity contribution is 5.90. The van der Waals surface area contributed by atoms with Gasteiger partial charge in [0.15, 0.2) is 11.3 Å². The quantitative estimate of drug-likeness (QED) is 0.382. The lowest BCUT2D eigenvalue weighted by atomic mass is 10.1. The maximum atomic E-state index is 15.0. The second-order valence-electron chi connectivity index (χ2n) is 8.54. The van der Waals surface area contributed by atoms with Crippen molar-refractivity contribution in [2.75, 3.05) is 18.0 Å². The van der Waals surface area contributed by atoms with Crippen LogP contribution in [0.3, 0.4) is 0 Å². The van der Waals surface area contributed by atoms with E-state index in [2.05, 4.69) is 20.1 Å². The molecule has 190 valence electrons. The maximum Gasteiger partial charge on any atom is 0.449 e. The van der Waals surface area contributed by atoms with E-state index in [-0.39, 0.29) is 28.9 Å². The van der Waals surface area contributed by atoms with Crippen LogP contribution in [0.25, 0.3) is 22.3 Å². The van der Waals surface area contributed by atoms with Crippen LogP contribution in [-0.4, -0.2) is 48.5 Å². The molecular formula is C23H18F4N8O2. The molecule has 1 aliphatic heterocycles. The van der Waals surface area contributed by atoms with Crippen molar-refractivity contribution in [3.8, 4) is 23.1 Å². The number of nitrogens with zero attached hydrogens (tertiary/aromatic N) is 8. The van der Waals surface area contributed by atoms with Crippen molar-refractivity contribution in [1.82, 2.24) is 29.3 Å². The SMILES string of the molecule is Cc1c(OC2CN(c3nc(-c4ccc(C#N)cc4F)c4nc(C(F)(F)F)n(C)c(=O)c4n3)C2)cnn1C. The molecule has 5 rings (SSSR count). The number of rotatable bonds is 4. The first kappa shape index (κ1) is 24.2. The van der Waals surface area contributed by atoms with Crippen molar-refractivity contribution in [2.45, 2.75) is 19.2 Å². The summed E-state index contributed by atoms with van der Waals surface area (Å²) in [4.78, 5) is 26.7. The number of aromatic nitrogens is 6. The van der Waals surface area contributed by atoms with E-state index in [0.717, 1.165) is 18.8 Å². The number of nitriles is 1. The van der Waals surface area contributed by atoms with Gasteiger partial charge in [0.1, 0.15) is 23.1 Å². The molecule has 0 bridgehead atoms. The van der Waals surface area contributed by atoms with Crippen molar-refractivity contribution < 1.29 is 22.3 Å². The zero-order chi connectivity index (χ0) is 26.6. The highest BCUT2D eigenvalue weighted by atomic mass is 19.4. The topological polar surface area (TPSA) is 115 Å². The van der Waals surface area contributed by atoms with Gasteiger partial charge in [-0.3, -0.25) is 14.0 Å². The fourth-order valence-electron chi connectivity index (χ4n) is 3.94. The zero-order valence-corrected chi connectivity index (χ0v) is 19.7. The second kappa shape index (κ2) is 8.54. The Balaban J connectivity index is 1.61. The number of fused-ring (bicyclic) bond motifs is 1. The molecule has 1 aromatic carbocycles. The Morgan fingerprint density at radius 3 is 2.46 bits per heavy atom. The molecule has 4 aromatic rings. The van der Waals surface area contributed by atoms with Crippen LogP contribution >= 0.6 is 0 Å². The lowest BCUT2D eigenvalue weighted by Crippen LogP contribution is -2.54. The van der Waals surface area contributed by atoms with Gasteiger partial charge in [-0.25, -0.2) is 19.3 Å². The number of benzene rings is 1. The smallest absolute Gasteiger partial charge is 0.449 e. The molecule has 0 aliphatic carbocycles. The predicted molar refractivity (Wildman–Crippen MR) is 122 cm³/mol. The van der Waals surface area contributed by atoms with Gasteiger partial charge in [-0.2, -0.15) is 23.5 Å². The molecule has 0 N–H and O–H groups in total. The standard InChI is InChI=1S/C23H18F4N8O2/c1-11-16(8-29-34(11)3)37-13-9-35(10-13)22-31-17(14-5-4-12(7-28)6-15(14)24)18-19(32-22)20(36)33(2)21(30-18)23(25,26)27/h4-6,8,13H,9-10H2,1-3H3. The van der Waals surface area contributed by atoms with Gasteiger partial charge in [0.2, 0.25) is 11.8 Å². The molecule has 0 amide bonds. The van der Waals surface area contributed by atoms with E-state index < -0.39 is 34.4 Å². The van der Waals surface area contributed by atoms with Crippen molar-refractivity contribution in [3.63, 3.8) is 0 Å². The van der Waals surface area contributed by atoms with E-state index in [1.165, 1.54) is 12.1 Å². The molecule has 0 radical (unpaired) electrons. The first-order valence-corrected chi connectivity index (χ1v) is 10.9. The normalized spacial score (nSPS) is 14.1. The van der Waals surface area contributed by atoms with Gasteiger partial charge < -0.3 is 9.64 Å². The number of aryl methyl sites for hydroxylation is 1. The van der Waals surface area contributed by atoms with E-state index in [9.17, 15) is 22.4 Å². The molecule has 14 heteroatoms. The Morgan fingerprint density at radius 2 is 1.86 bits per heavy atom. The van der Waals surface area contributed by atoms with Crippen LogP contribution in [-0.2, 0) is 20.3 Å². The van der Waals surface area contributed by atoms with E-state index in [4.69, 9.17) is 10.00 Å². The van der Waals surface area contributed by atoms with E-state index in [1.54, 1.807) is 28.9 Å². The molecule has 1 fully saturated rings. The summed E-state index contributed by atoms with van der Waals surface area (Å²) in [5, 5.41) is 13.2. The molecule has 0 atom stereocenters. The Labute approximate surface area is 206 Å². The van der Waals surface area contributed by atoms with E-state index in [0.29, 0.717) is 23.4 Å². The summed E-state index contributed by atoms with van der Waals surface area (Å²) in [5.41, 5.74) is -1.63. The third kappa shape index (κ3) is 4.11. The average molecular weight is 514 g/mol. The molecule has 0 saturated carbocycles. The minimum atomic E-state index is -4.95. The average Bonchev–Trinajstić information content (AvgIpc) is 3.14. The molecule has 37 heavy (non-hydrogen) atoms. The third-order valence-corrected chi connectivity index (χ3v) is 6.14. The number of hydrogen-bond donors (Lipinski definition) is 0. The summed E-state index contributed by atoms with van der Waals surface area (Å²) in [6.07, 6.45) is -3.62. The zero-order valence-electron chi connectivity index (χ0n) is 19.7. The Morgan fingerprint density at radius 1 is 1.14 bits per heavy atom. The monoisotopic (exact) mass is 514 g/mol. The Hall–Kier alpha value is -4.54. The fourth-order valence-corrected chi connectivity index (χ4v) is 3.94. The summed E-state index contributed by atoms with van der Waals surface area (Å²) in [5.74, 6) is -1.77. The maximum absolute atomic E-state index is 15.0. The van der Waals surface area contributed by atoms with Gasteiger partial charge in [0, 0.05) is 19.7 Å². The lowest BCUT2D eigenvalue weighted by Gasteiger charge is -2.39. The van der Waals surface area contributed by atoms with Crippen LogP contribution in [0.4, 0.5) is 23.5 Å². The highest BCUT2D eigenvalue weighted by Crippen LogP contribution is 2.33. The number of ether oxygens (including phenoxy) is 1. The van der Waals surface area contributed by atoms with Crippen LogP contribution < -0.4 is 15.2 Å². The van der Waals surface area contributed by atoms with Crippen LogP contribution in [0, 0.1) is 24.1 Å². The molecule has 4 heterocycles. The summed E-state index contributed by atoms with van der Waals surface area (Å²) in [6, 6.07) is 5.22. The summed E-state index contributed by atoms with van der Waals surface area (Å²) >= 11 is 0. The van der Waals surface area contributed by atoms with Crippen molar-refractivity contribution in [1.29, 1.82) is 5.26 Å². The molecule has 10 nitrogen and oxygen atoms in total. The molecule has 0 spiro atoms. The van der Waals surface area contributed by atoms with Gasteiger partial charge in [0.25, 0.3) is 5.56 Å². The van der Waals surface area contributed by atoms with Crippen LogP contribution in [0.5, 0.6) is 5.75 Å². The van der Waals surface area contributed by atoms with Crippen LogP contribution in [0.1, 0.15) is 17.1 Å². The molecular weight excluding hydrogens is 496 g/mol. The summed E-state index contributed by atoms with van der Waals surface area (Å²) < 4.78 is 63.7. The molecule has 0 unspecified atom stereocenters. The van der Waals surface area contributed by atoms with Gasteiger partial charge >= 0.3 is 6.18 Å². The summed E-state index contributed by atoms with van der Waals surface area (Å²) in [7, 11) is 2.71. The Kier molecular flexibility index (Phi) is 5.58. The molecule has 1 saturated heterocycles. The lowest BCUT2D eigenvalue weighted by molar-refractivity contribution is -0.147. The first-order chi connectivity index (χ1) is 17.5. The minimum absolute atomic E-state index is 0.00711. The second-order valence-corrected chi connectivity index (χ2v) is 8.54. The van der Waals surface area contributed by atoms with Crippen molar-refractivity contribution >= 4 is 17.0 Å². The van der Waals surface area contributed by atoms with Gasteiger partial charge in [-0.05, 0) is 25.1 Å². The Bertz CT molecular complexity index is 1650. The van der Waals surface area contributed by atoms with Crippen LogP contribution in [0.15, 0.2) is 29.2 Å².